The van der Waals surface area contributed by atoms with E-state index < -0.39 is 23.9 Å². The lowest BCUT2D eigenvalue weighted by Crippen LogP contribution is -2.26. The van der Waals surface area contributed by atoms with Crippen molar-refractivity contribution in [3.63, 3.8) is 0 Å². The third-order valence-electron chi connectivity index (χ3n) is 8.98. The van der Waals surface area contributed by atoms with E-state index >= 15 is 0 Å². The number of ether oxygens (including phenoxy) is 4. The number of carbonyl (C=O) groups excluding carboxylic acids is 5. The maximum Gasteiger partial charge on any atom is 0.346 e. The summed E-state index contributed by atoms with van der Waals surface area (Å²) < 4.78 is 20.7. The van der Waals surface area contributed by atoms with Gasteiger partial charge in [0.05, 0.1) is 44.2 Å². The lowest BCUT2D eigenvalue weighted by molar-refractivity contribution is -0.139. The summed E-state index contributed by atoms with van der Waals surface area (Å²) in [6.07, 6.45) is 17.4. The molecule has 0 bridgehead atoms. The Morgan fingerprint density at radius 3 is 1.89 bits per heavy atom. The van der Waals surface area contributed by atoms with Crippen molar-refractivity contribution in [1.82, 2.24) is 0 Å². The summed E-state index contributed by atoms with van der Waals surface area (Å²) in [6.45, 7) is 10.1. The molecule has 0 radical (unpaired) electrons. The summed E-state index contributed by atoms with van der Waals surface area (Å²) in [5, 5.41) is 1.74. The highest BCUT2D eigenvalue weighted by Crippen LogP contribution is 2.41. The Balaban J connectivity index is 1.32. The van der Waals surface area contributed by atoms with Gasteiger partial charge in [-0.15, -0.1) is 6.42 Å². The third kappa shape index (κ3) is 11.9. The van der Waals surface area contributed by atoms with Crippen LogP contribution >= 0.6 is 0 Å². The van der Waals surface area contributed by atoms with E-state index in [1.165, 1.54) is 0 Å². The molecule has 1 heterocycles. The van der Waals surface area contributed by atoms with E-state index in [9.17, 15) is 24.0 Å². The van der Waals surface area contributed by atoms with Gasteiger partial charge in [0.2, 0.25) is 0 Å². The Labute approximate surface area is 322 Å². The summed E-state index contributed by atoms with van der Waals surface area (Å²) in [6, 6.07) is 16.6. The van der Waals surface area contributed by atoms with Gasteiger partial charge in [0, 0.05) is 23.1 Å². The standard InChI is InChI=1S/C45H47NO9/c1-5-34(44(50)54-29-14-10-8-12-27-52-40(47)6-2)22-19-32(4)36-25-26-39-42-37(36)17-16-18-38(42)43(49)46(39)31-33-20-23-35(24-21-33)45(51)55-30-15-11-9-13-28-53-41(48)7-3/h1,6-7,16-26H,2-3,8-15,27-31H2,4H3/b32-19+,34-22+. The molecule has 10 heteroatoms. The molecule has 3 aromatic carbocycles. The van der Waals surface area contributed by atoms with Gasteiger partial charge in [-0.25, -0.2) is 19.2 Å². The first-order valence-corrected chi connectivity index (χ1v) is 18.4. The smallest absolute Gasteiger partial charge is 0.346 e. The fourth-order valence-corrected chi connectivity index (χ4v) is 6.02. The lowest BCUT2D eigenvalue weighted by atomic mass is 9.96. The molecule has 1 amide bonds. The largest absolute Gasteiger partial charge is 0.463 e. The van der Waals surface area contributed by atoms with Gasteiger partial charge in [0.15, 0.2) is 0 Å². The Kier molecular flexibility index (Phi) is 16.2. The first-order chi connectivity index (χ1) is 26.7. The molecule has 3 aromatic rings. The predicted molar refractivity (Wildman–Crippen MR) is 212 cm³/mol. The zero-order chi connectivity index (χ0) is 39.6. The quantitative estimate of drug-likeness (QED) is 0.0250. The molecule has 0 N–H and O–H groups in total. The van der Waals surface area contributed by atoms with Gasteiger partial charge in [-0.2, -0.15) is 0 Å². The number of hydrogen-bond acceptors (Lipinski definition) is 9. The molecule has 0 aromatic heterocycles. The Morgan fingerprint density at radius 1 is 0.727 bits per heavy atom. The minimum Gasteiger partial charge on any atom is -0.463 e. The summed E-state index contributed by atoms with van der Waals surface area (Å²) in [7, 11) is 0. The number of benzene rings is 3. The Bertz CT molecular complexity index is 2000. The van der Waals surface area contributed by atoms with Gasteiger partial charge in [-0.3, -0.25) is 4.79 Å². The number of rotatable bonds is 22. The second-order valence-corrected chi connectivity index (χ2v) is 12.9. The maximum atomic E-state index is 13.7. The summed E-state index contributed by atoms with van der Waals surface area (Å²) in [5.41, 5.74) is 4.51. The van der Waals surface area contributed by atoms with Crippen molar-refractivity contribution in [2.24, 2.45) is 0 Å². The number of nitrogens with zero attached hydrogens (tertiary/aromatic N) is 1. The predicted octanol–water partition coefficient (Wildman–Crippen LogP) is 8.24. The highest BCUT2D eigenvalue weighted by Gasteiger charge is 2.30. The second-order valence-electron chi connectivity index (χ2n) is 12.9. The van der Waals surface area contributed by atoms with Gasteiger partial charge >= 0.3 is 23.9 Å². The molecule has 0 aliphatic carbocycles. The third-order valence-corrected chi connectivity index (χ3v) is 8.98. The SMILES string of the molecule is C#C/C(=C\C=C(/C)c1ccc2c3c(cccc13)C(=O)N2Cc1ccc(C(=O)OCCCCCCOC(=O)C=C)cc1)C(=O)OCCCCCCOC(=O)C=C. The van der Waals surface area contributed by atoms with E-state index in [1.807, 2.05) is 49.4 Å². The number of carbonyl (C=O) groups is 5. The fourth-order valence-electron chi connectivity index (χ4n) is 6.02. The zero-order valence-electron chi connectivity index (χ0n) is 31.3. The zero-order valence-corrected chi connectivity index (χ0v) is 31.3. The number of terminal acetylenes is 1. The minimum absolute atomic E-state index is 0.0969. The molecule has 1 aliphatic heterocycles. The number of anilines is 1. The van der Waals surface area contributed by atoms with Crippen molar-refractivity contribution in [1.29, 1.82) is 0 Å². The van der Waals surface area contributed by atoms with E-state index in [2.05, 4.69) is 19.1 Å². The van der Waals surface area contributed by atoms with Gasteiger partial charge in [0.1, 0.15) is 5.57 Å². The molecule has 1 aliphatic rings. The number of amides is 1. The molecule has 10 nitrogen and oxygen atoms in total. The van der Waals surface area contributed by atoms with Gasteiger partial charge in [-0.05, 0) is 111 Å². The molecule has 55 heavy (non-hydrogen) atoms. The fraction of sp³-hybridized carbons (Fsp3) is 0.311. The van der Waals surface area contributed by atoms with Crippen LogP contribution in [-0.4, -0.2) is 56.2 Å². The van der Waals surface area contributed by atoms with Crippen LogP contribution in [-0.2, 0) is 39.9 Å². The molecular weight excluding hydrogens is 698 g/mol. The number of allylic oxidation sites excluding steroid dienone is 3. The molecule has 286 valence electrons. The highest BCUT2D eigenvalue weighted by molar-refractivity contribution is 6.26. The van der Waals surface area contributed by atoms with Crippen molar-refractivity contribution >= 4 is 51.8 Å². The van der Waals surface area contributed by atoms with Crippen LogP contribution in [0.4, 0.5) is 5.69 Å². The molecule has 0 saturated carbocycles. The highest BCUT2D eigenvalue weighted by atomic mass is 16.5. The first-order valence-electron chi connectivity index (χ1n) is 18.4. The molecule has 0 fully saturated rings. The first kappa shape index (κ1) is 41.5. The van der Waals surface area contributed by atoms with E-state index in [0.29, 0.717) is 56.8 Å². The van der Waals surface area contributed by atoms with Crippen LogP contribution in [0.1, 0.15) is 90.1 Å². The van der Waals surface area contributed by atoms with E-state index in [0.717, 1.165) is 77.4 Å². The second kappa shape index (κ2) is 21.5. The van der Waals surface area contributed by atoms with Crippen molar-refractivity contribution in [2.45, 2.75) is 64.8 Å². The Morgan fingerprint density at radius 2 is 1.31 bits per heavy atom. The Hall–Kier alpha value is -6.21. The van der Waals surface area contributed by atoms with Crippen LogP contribution in [0.3, 0.4) is 0 Å². The van der Waals surface area contributed by atoms with E-state index in [1.54, 1.807) is 29.2 Å². The average Bonchev–Trinajstić information content (AvgIpc) is 3.47. The molecule has 0 spiro atoms. The monoisotopic (exact) mass is 745 g/mol. The van der Waals surface area contributed by atoms with Crippen LogP contribution in [0.5, 0.6) is 0 Å². The normalized spacial score (nSPS) is 12.2. The number of unbranched alkanes of at least 4 members (excludes halogenated alkanes) is 6. The lowest BCUT2D eigenvalue weighted by Gasteiger charge is -2.18. The van der Waals surface area contributed by atoms with Crippen molar-refractivity contribution in [3.8, 4) is 12.3 Å². The van der Waals surface area contributed by atoms with Crippen molar-refractivity contribution in [2.75, 3.05) is 31.3 Å². The molecule has 0 unspecified atom stereocenters. The van der Waals surface area contributed by atoms with Gasteiger partial charge in [0.25, 0.3) is 5.91 Å². The molecule has 0 saturated heterocycles. The number of esters is 4. The van der Waals surface area contributed by atoms with Crippen LogP contribution in [0, 0.1) is 12.3 Å². The summed E-state index contributed by atoms with van der Waals surface area (Å²) >= 11 is 0. The topological polar surface area (TPSA) is 126 Å². The summed E-state index contributed by atoms with van der Waals surface area (Å²) in [5.74, 6) is 0.447. The number of hydrogen-bond donors (Lipinski definition) is 0. The van der Waals surface area contributed by atoms with Crippen molar-refractivity contribution in [3.05, 3.63) is 120 Å². The van der Waals surface area contributed by atoms with Gasteiger partial charge < -0.3 is 23.8 Å². The van der Waals surface area contributed by atoms with Gasteiger partial charge in [-0.1, -0.05) is 55.5 Å². The minimum atomic E-state index is -0.577. The molecule has 0 atom stereocenters. The van der Waals surface area contributed by atoms with Crippen LogP contribution in [0.25, 0.3) is 16.3 Å². The van der Waals surface area contributed by atoms with Crippen LogP contribution in [0.2, 0.25) is 0 Å². The maximum absolute atomic E-state index is 13.7. The molecule has 4 rings (SSSR count). The summed E-state index contributed by atoms with van der Waals surface area (Å²) in [4.78, 5) is 62.8. The van der Waals surface area contributed by atoms with Crippen LogP contribution < -0.4 is 4.90 Å². The van der Waals surface area contributed by atoms with E-state index in [-0.39, 0.29) is 18.1 Å². The molecular formula is C45H47NO9. The van der Waals surface area contributed by atoms with Crippen molar-refractivity contribution < 1.29 is 42.9 Å². The average molecular weight is 746 g/mol. The van der Waals surface area contributed by atoms with Crippen LogP contribution in [0.15, 0.2) is 97.6 Å². The van der Waals surface area contributed by atoms with E-state index in [4.69, 9.17) is 25.4 Å².